The van der Waals surface area contributed by atoms with Crippen LogP contribution in [0.2, 0.25) is 0 Å². The van der Waals surface area contributed by atoms with Gasteiger partial charge < -0.3 is 9.47 Å². The van der Waals surface area contributed by atoms with Crippen molar-refractivity contribution in [2.24, 2.45) is 0 Å². The Morgan fingerprint density at radius 3 is 3.00 bits per heavy atom. The Balaban J connectivity index is 1.52. The normalized spacial score (nSPS) is 23.7. The molecule has 1 amide bonds. The van der Waals surface area contributed by atoms with E-state index >= 15 is 0 Å². The Morgan fingerprint density at radius 2 is 2.09 bits per heavy atom. The largest absolute Gasteiger partial charge is 0.338 e. The van der Waals surface area contributed by atoms with Crippen LogP contribution in [0.25, 0.3) is 11.0 Å². The van der Waals surface area contributed by atoms with E-state index in [-0.39, 0.29) is 11.9 Å². The summed E-state index contributed by atoms with van der Waals surface area (Å²) in [4.78, 5) is 22.0. The molecule has 0 spiro atoms. The van der Waals surface area contributed by atoms with Crippen molar-refractivity contribution in [3.05, 3.63) is 30.6 Å². The van der Waals surface area contributed by atoms with E-state index in [1.54, 1.807) is 6.33 Å². The summed E-state index contributed by atoms with van der Waals surface area (Å²) in [6, 6.07) is 8.37. The number of fused-ring (bicyclic) bond motifs is 2. The molecule has 2 saturated heterocycles. The second-order valence-electron chi connectivity index (χ2n) is 6.79. The van der Waals surface area contributed by atoms with Gasteiger partial charge in [-0.3, -0.25) is 9.69 Å². The van der Waals surface area contributed by atoms with E-state index in [0.29, 0.717) is 6.04 Å². The van der Waals surface area contributed by atoms with Gasteiger partial charge in [-0.25, -0.2) is 4.98 Å². The zero-order chi connectivity index (χ0) is 15.8. The summed E-state index contributed by atoms with van der Waals surface area (Å²) in [5.74, 6) is 0.221. The van der Waals surface area contributed by atoms with Gasteiger partial charge in [0.1, 0.15) is 6.04 Å². The van der Waals surface area contributed by atoms with E-state index < -0.39 is 0 Å². The molecule has 3 heterocycles. The highest BCUT2D eigenvalue weighted by Crippen LogP contribution is 2.24. The summed E-state index contributed by atoms with van der Waals surface area (Å²) < 4.78 is 2.00. The van der Waals surface area contributed by atoms with Crippen molar-refractivity contribution in [3.8, 4) is 0 Å². The van der Waals surface area contributed by atoms with Crippen LogP contribution in [-0.4, -0.2) is 57.5 Å². The molecule has 2 aromatic rings. The van der Waals surface area contributed by atoms with E-state index in [9.17, 15) is 4.79 Å². The maximum absolute atomic E-state index is 13.0. The van der Waals surface area contributed by atoms with E-state index in [0.717, 1.165) is 30.7 Å². The number of carbonyl (C=O) groups is 1. The Bertz CT molecular complexity index is 710. The monoisotopic (exact) mass is 312 g/mol. The SMILES string of the molecule is C[C@@H](C(=O)N1CCN2CCCC[C@@H]2C1)n1cnc2ccccc21. The van der Waals surface area contributed by atoms with Gasteiger partial charge in [-0.05, 0) is 38.4 Å². The summed E-state index contributed by atoms with van der Waals surface area (Å²) in [6.07, 6.45) is 5.63. The number of carbonyl (C=O) groups excluding carboxylic acids is 1. The minimum Gasteiger partial charge on any atom is -0.338 e. The number of para-hydroxylation sites is 2. The maximum Gasteiger partial charge on any atom is 0.245 e. The standard InChI is InChI=1S/C18H24N4O/c1-14(22-13-19-16-7-2-3-8-17(16)22)18(23)21-11-10-20-9-5-4-6-15(20)12-21/h2-3,7-8,13-15H,4-6,9-12H2,1H3/t14-,15+/m0/s1. The Labute approximate surface area is 136 Å². The van der Waals surface area contributed by atoms with Crippen molar-refractivity contribution in [2.75, 3.05) is 26.2 Å². The minimum absolute atomic E-state index is 0.197. The van der Waals surface area contributed by atoms with Gasteiger partial charge in [-0.1, -0.05) is 18.6 Å². The van der Waals surface area contributed by atoms with Crippen molar-refractivity contribution in [1.82, 2.24) is 19.4 Å². The van der Waals surface area contributed by atoms with Crippen molar-refractivity contribution in [1.29, 1.82) is 0 Å². The molecular weight excluding hydrogens is 288 g/mol. The number of piperazine rings is 1. The molecule has 1 aromatic carbocycles. The van der Waals surface area contributed by atoms with Gasteiger partial charge >= 0.3 is 0 Å². The first-order chi connectivity index (χ1) is 11.2. The summed E-state index contributed by atoms with van der Waals surface area (Å²) in [5, 5.41) is 0. The van der Waals surface area contributed by atoms with Crippen molar-refractivity contribution in [2.45, 2.75) is 38.3 Å². The minimum atomic E-state index is -0.197. The average molecular weight is 312 g/mol. The molecule has 1 aromatic heterocycles. The number of amides is 1. The predicted molar refractivity (Wildman–Crippen MR) is 90.2 cm³/mol. The van der Waals surface area contributed by atoms with E-state index in [2.05, 4.69) is 14.8 Å². The van der Waals surface area contributed by atoms with Gasteiger partial charge in [-0.2, -0.15) is 0 Å². The molecule has 2 aliphatic rings. The van der Waals surface area contributed by atoms with Gasteiger partial charge in [0.25, 0.3) is 0 Å². The molecule has 23 heavy (non-hydrogen) atoms. The number of hydrogen-bond donors (Lipinski definition) is 0. The quantitative estimate of drug-likeness (QED) is 0.854. The highest BCUT2D eigenvalue weighted by molar-refractivity contribution is 5.83. The molecular formula is C18H24N4O. The molecule has 122 valence electrons. The first-order valence-electron chi connectivity index (χ1n) is 8.68. The van der Waals surface area contributed by atoms with Crippen LogP contribution in [-0.2, 0) is 4.79 Å². The maximum atomic E-state index is 13.0. The third-order valence-electron chi connectivity index (χ3n) is 5.40. The number of hydrogen-bond acceptors (Lipinski definition) is 3. The zero-order valence-electron chi connectivity index (χ0n) is 13.7. The summed E-state index contributed by atoms with van der Waals surface area (Å²) in [7, 11) is 0. The van der Waals surface area contributed by atoms with Crippen molar-refractivity contribution in [3.63, 3.8) is 0 Å². The molecule has 2 aliphatic heterocycles. The number of imidazole rings is 1. The van der Waals surface area contributed by atoms with Crippen LogP contribution in [0.3, 0.4) is 0 Å². The molecule has 2 fully saturated rings. The van der Waals surface area contributed by atoms with Crippen LogP contribution in [0.4, 0.5) is 0 Å². The summed E-state index contributed by atoms with van der Waals surface area (Å²) in [5.41, 5.74) is 1.98. The number of nitrogens with zero attached hydrogens (tertiary/aromatic N) is 4. The van der Waals surface area contributed by atoms with Crippen LogP contribution >= 0.6 is 0 Å². The molecule has 5 heteroatoms. The zero-order valence-corrected chi connectivity index (χ0v) is 13.7. The fourth-order valence-corrected chi connectivity index (χ4v) is 4.03. The Morgan fingerprint density at radius 1 is 1.22 bits per heavy atom. The lowest BCUT2D eigenvalue weighted by atomic mass is 9.99. The van der Waals surface area contributed by atoms with Crippen LogP contribution < -0.4 is 0 Å². The van der Waals surface area contributed by atoms with Gasteiger partial charge in [0.15, 0.2) is 0 Å². The number of benzene rings is 1. The van der Waals surface area contributed by atoms with E-state index in [4.69, 9.17) is 0 Å². The molecule has 0 bridgehead atoms. The topological polar surface area (TPSA) is 41.4 Å². The fraction of sp³-hybridized carbons (Fsp3) is 0.556. The highest BCUT2D eigenvalue weighted by atomic mass is 16.2. The third-order valence-corrected chi connectivity index (χ3v) is 5.40. The summed E-state index contributed by atoms with van der Waals surface area (Å²) in [6.45, 7) is 5.95. The average Bonchev–Trinajstić information content (AvgIpc) is 3.04. The summed E-state index contributed by atoms with van der Waals surface area (Å²) >= 11 is 0. The van der Waals surface area contributed by atoms with Crippen LogP contribution in [0.5, 0.6) is 0 Å². The first-order valence-corrected chi connectivity index (χ1v) is 8.68. The smallest absolute Gasteiger partial charge is 0.245 e. The van der Waals surface area contributed by atoms with Crippen LogP contribution in [0, 0.1) is 0 Å². The second kappa shape index (κ2) is 5.96. The van der Waals surface area contributed by atoms with Gasteiger partial charge in [0.2, 0.25) is 5.91 Å². The number of aromatic nitrogens is 2. The third kappa shape index (κ3) is 2.63. The number of piperidine rings is 1. The lowest BCUT2D eigenvalue weighted by molar-refractivity contribution is -0.137. The first kappa shape index (κ1) is 14.7. The lowest BCUT2D eigenvalue weighted by Crippen LogP contribution is -2.57. The second-order valence-corrected chi connectivity index (χ2v) is 6.79. The fourth-order valence-electron chi connectivity index (χ4n) is 4.03. The van der Waals surface area contributed by atoms with Crippen LogP contribution in [0.15, 0.2) is 30.6 Å². The van der Waals surface area contributed by atoms with E-state index in [1.807, 2.05) is 35.8 Å². The van der Waals surface area contributed by atoms with Crippen molar-refractivity contribution < 1.29 is 4.79 Å². The van der Waals surface area contributed by atoms with E-state index in [1.165, 1.54) is 25.8 Å². The van der Waals surface area contributed by atoms with Crippen LogP contribution in [0.1, 0.15) is 32.2 Å². The molecule has 0 unspecified atom stereocenters. The molecule has 5 nitrogen and oxygen atoms in total. The molecule has 0 saturated carbocycles. The van der Waals surface area contributed by atoms with Gasteiger partial charge in [-0.15, -0.1) is 0 Å². The predicted octanol–water partition coefficient (Wildman–Crippen LogP) is 2.29. The molecule has 4 rings (SSSR count). The molecule has 0 aliphatic carbocycles. The lowest BCUT2D eigenvalue weighted by Gasteiger charge is -2.44. The Kier molecular flexibility index (Phi) is 3.81. The Hall–Kier alpha value is -1.88. The molecule has 0 N–H and O–H groups in total. The van der Waals surface area contributed by atoms with Gasteiger partial charge in [0.05, 0.1) is 17.4 Å². The van der Waals surface area contributed by atoms with Crippen molar-refractivity contribution >= 4 is 16.9 Å². The molecule has 2 atom stereocenters. The number of rotatable bonds is 2. The highest BCUT2D eigenvalue weighted by Gasteiger charge is 2.33. The molecule has 0 radical (unpaired) electrons. The van der Waals surface area contributed by atoms with Gasteiger partial charge in [0, 0.05) is 25.7 Å².